The Hall–Kier alpha value is -2.70. The number of hydrazone groups is 1. The molecular formula is C23H33N7. The van der Waals surface area contributed by atoms with Crippen LogP contribution in [0.15, 0.2) is 17.2 Å². The monoisotopic (exact) mass is 407 g/mol. The molecule has 1 aromatic carbocycles. The largest absolute Gasteiger partial charge is 0.341 e. The van der Waals surface area contributed by atoms with Crippen LogP contribution in [-0.4, -0.2) is 47.3 Å². The number of aromatic nitrogens is 3. The smallest absolute Gasteiger partial charge is 0.250 e. The van der Waals surface area contributed by atoms with Gasteiger partial charge in [-0.05, 0) is 70.4 Å². The lowest BCUT2D eigenvalue weighted by Gasteiger charge is -2.30. The van der Waals surface area contributed by atoms with E-state index < -0.39 is 0 Å². The Morgan fingerprint density at radius 1 is 0.767 bits per heavy atom. The molecule has 0 amide bonds. The molecule has 2 aliphatic heterocycles. The summed E-state index contributed by atoms with van der Waals surface area (Å²) in [5, 5.41) is 4.47. The molecule has 0 unspecified atom stereocenters. The van der Waals surface area contributed by atoms with Crippen LogP contribution in [0.2, 0.25) is 0 Å². The van der Waals surface area contributed by atoms with E-state index in [1.54, 1.807) is 0 Å². The van der Waals surface area contributed by atoms with Crippen molar-refractivity contribution in [1.82, 2.24) is 15.0 Å². The van der Waals surface area contributed by atoms with Gasteiger partial charge in [-0.15, -0.1) is 0 Å². The van der Waals surface area contributed by atoms with Gasteiger partial charge in [-0.2, -0.15) is 20.1 Å². The summed E-state index contributed by atoms with van der Waals surface area (Å²) in [5.74, 6) is 2.06. The fourth-order valence-electron chi connectivity index (χ4n) is 4.42. The quantitative estimate of drug-likeness (QED) is 0.591. The van der Waals surface area contributed by atoms with E-state index in [4.69, 9.17) is 15.0 Å². The van der Waals surface area contributed by atoms with Crippen LogP contribution in [0, 0.1) is 20.8 Å². The fraction of sp³-hybridized carbons (Fsp3) is 0.565. The minimum absolute atomic E-state index is 0.518. The zero-order valence-corrected chi connectivity index (χ0v) is 18.5. The van der Waals surface area contributed by atoms with Crippen LogP contribution in [0.5, 0.6) is 0 Å². The van der Waals surface area contributed by atoms with Gasteiger partial charge >= 0.3 is 0 Å². The number of hydrogen-bond donors (Lipinski definition) is 1. The lowest BCUT2D eigenvalue weighted by Crippen LogP contribution is -2.34. The highest BCUT2D eigenvalue weighted by Crippen LogP contribution is 2.22. The summed E-state index contributed by atoms with van der Waals surface area (Å²) >= 11 is 0. The Bertz CT molecular complexity index is 837. The van der Waals surface area contributed by atoms with Gasteiger partial charge in [0.05, 0.1) is 6.21 Å². The average Bonchev–Trinajstić information content (AvgIpc) is 2.76. The fourth-order valence-corrected chi connectivity index (χ4v) is 4.42. The first-order valence-electron chi connectivity index (χ1n) is 11.2. The Morgan fingerprint density at radius 2 is 1.27 bits per heavy atom. The van der Waals surface area contributed by atoms with Crippen LogP contribution in [-0.2, 0) is 0 Å². The zero-order chi connectivity index (χ0) is 20.9. The number of piperidine rings is 2. The topological polar surface area (TPSA) is 69.5 Å². The van der Waals surface area contributed by atoms with Gasteiger partial charge in [0.25, 0.3) is 0 Å². The molecule has 30 heavy (non-hydrogen) atoms. The summed E-state index contributed by atoms with van der Waals surface area (Å²) in [5.41, 5.74) is 7.92. The van der Waals surface area contributed by atoms with Crippen molar-refractivity contribution in [2.24, 2.45) is 5.10 Å². The van der Waals surface area contributed by atoms with E-state index in [1.807, 2.05) is 6.21 Å². The van der Waals surface area contributed by atoms with Crippen LogP contribution >= 0.6 is 0 Å². The molecule has 0 bridgehead atoms. The molecule has 0 aliphatic carbocycles. The van der Waals surface area contributed by atoms with E-state index in [-0.39, 0.29) is 0 Å². The van der Waals surface area contributed by atoms with E-state index >= 15 is 0 Å². The first-order chi connectivity index (χ1) is 14.6. The minimum atomic E-state index is 0.518. The first-order valence-corrected chi connectivity index (χ1v) is 11.2. The van der Waals surface area contributed by atoms with Crippen LogP contribution in [0.3, 0.4) is 0 Å². The van der Waals surface area contributed by atoms with Crippen molar-refractivity contribution >= 4 is 24.1 Å². The molecule has 0 atom stereocenters. The van der Waals surface area contributed by atoms with Crippen LogP contribution in [0.4, 0.5) is 17.8 Å². The second-order valence-corrected chi connectivity index (χ2v) is 8.54. The van der Waals surface area contributed by atoms with Gasteiger partial charge in [0.2, 0.25) is 17.8 Å². The third kappa shape index (κ3) is 4.89. The van der Waals surface area contributed by atoms with E-state index in [1.165, 1.54) is 55.2 Å². The number of rotatable bonds is 5. The molecule has 1 N–H and O–H groups in total. The van der Waals surface area contributed by atoms with Crippen LogP contribution < -0.4 is 15.2 Å². The molecule has 0 spiro atoms. The number of nitrogens with one attached hydrogen (secondary N) is 1. The molecule has 2 fully saturated rings. The molecule has 0 saturated carbocycles. The maximum absolute atomic E-state index is 4.82. The number of anilines is 3. The predicted molar refractivity (Wildman–Crippen MR) is 124 cm³/mol. The van der Waals surface area contributed by atoms with Gasteiger partial charge in [-0.1, -0.05) is 17.7 Å². The molecule has 1 aromatic heterocycles. The van der Waals surface area contributed by atoms with E-state index in [2.05, 4.69) is 53.2 Å². The van der Waals surface area contributed by atoms with Crippen molar-refractivity contribution in [3.05, 3.63) is 34.4 Å². The molecule has 4 rings (SSSR count). The van der Waals surface area contributed by atoms with Gasteiger partial charge in [0.1, 0.15) is 0 Å². The minimum Gasteiger partial charge on any atom is -0.341 e. The van der Waals surface area contributed by atoms with Crippen molar-refractivity contribution in [3.63, 3.8) is 0 Å². The molecule has 7 nitrogen and oxygen atoms in total. The van der Waals surface area contributed by atoms with Gasteiger partial charge < -0.3 is 9.80 Å². The summed E-state index contributed by atoms with van der Waals surface area (Å²) in [6.07, 6.45) is 9.20. The molecular weight excluding hydrogens is 374 g/mol. The van der Waals surface area contributed by atoms with Crippen molar-refractivity contribution in [2.75, 3.05) is 41.4 Å². The standard InChI is InChI=1S/C23H33N7/c1-17-14-18(2)20(19(3)15-17)16-24-28-21-25-22(29-10-6-4-7-11-29)27-23(26-21)30-12-8-5-9-13-30/h14-16H,4-13H2,1-3H3,(H,25,26,27,28)/b24-16-. The maximum atomic E-state index is 4.82. The lowest BCUT2D eigenvalue weighted by molar-refractivity contribution is 0.556. The number of nitrogens with zero attached hydrogens (tertiary/aromatic N) is 6. The SMILES string of the molecule is Cc1cc(C)c(/C=N\Nc2nc(N3CCCCC3)nc(N3CCCCC3)n2)c(C)c1. The van der Waals surface area contributed by atoms with Crippen LogP contribution in [0.25, 0.3) is 0 Å². The van der Waals surface area contributed by atoms with Gasteiger partial charge in [-0.25, -0.2) is 5.43 Å². The normalized spacial score (nSPS) is 17.6. The molecule has 0 radical (unpaired) electrons. The Kier molecular flexibility index (Phi) is 6.45. The summed E-state index contributed by atoms with van der Waals surface area (Å²) in [4.78, 5) is 18.8. The van der Waals surface area contributed by atoms with Gasteiger partial charge in [0, 0.05) is 31.7 Å². The van der Waals surface area contributed by atoms with Gasteiger partial charge in [0.15, 0.2) is 0 Å². The Morgan fingerprint density at radius 3 is 1.77 bits per heavy atom. The molecule has 7 heteroatoms. The summed E-state index contributed by atoms with van der Waals surface area (Å²) in [7, 11) is 0. The lowest BCUT2D eigenvalue weighted by atomic mass is 10.0. The first kappa shape index (κ1) is 20.6. The predicted octanol–water partition coefficient (Wildman–Crippen LogP) is 4.22. The molecule has 3 heterocycles. The maximum Gasteiger partial charge on any atom is 0.250 e. The second kappa shape index (κ2) is 9.41. The van der Waals surface area contributed by atoms with E-state index in [9.17, 15) is 0 Å². The third-order valence-corrected chi connectivity index (χ3v) is 5.99. The molecule has 160 valence electrons. The van der Waals surface area contributed by atoms with Crippen molar-refractivity contribution < 1.29 is 0 Å². The van der Waals surface area contributed by atoms with E-state index in [0.717, 1.165) is 43.6 Å². The van der Waals surface area contributed by atoms with Crippen molar-refractivity contribution in [1.29, 1.82) is 0 Å². The second-order valence-electron chi connectivity index (χ2n) is 8.54. The zero-order valence-electron chi connectivity index (χ0n) is 18.5. The Balaban J connectivity index is 1.58. The summed E-state index contributed by atoms with van der Waals surface area (Å²) < 4.78 is 0. The molecule has 2 saturated heterocycles. The highest BCUT2D eigenvalue weighted by Gasteiger charge is 2.20. The van der Waals surface area contributed by atoms with Gasteiger partial charge in [-0.3, -0.25) is 0 Å². The highest BCUT2D eigenvalue weighted by molar-refractivity contribution is 5.84. The highest BCUT2D eigenvalue weighted by atomic mass is 15.4. The van der Waals surface area contributed by atoms with Crippen molar-refractivity contribution in [3.8, 4) is 0 Å². The Labute approximate surface area is 179 Å². The number of hydrogen-bond acceptors (Lipinski definition) is 7. The third-order valence-electron chi connectivity index (χ3n) is 5.99. The molecule has 2 aromatic rings. The van der Waals surface area contributed by atoms with Crippen molar-refractivity contribution in [2.45, 2.75) is 59.3 Å². The average molecular weight is 408 g/mol. The summed E-state index contributed by atoms with van der Waals surface area (Å²) in [6, 6.07) is 4.36. The number of aryl methyl sites for hydroxylation is 3. The molecule has 2 aliphatic rings. The number of benzene rings is 1. The van der Waals surface area contributed by atoms with Crippen LogP contribution in [0.1, 0.15) is 60.8 Å². The summed E-state index contributed by atoms with van der Waals surface area (Å²) in [6.45, 7) is 10.4. The van der Waals surface area contributed by atoms with E-state index in [0.29, 0.717) is 5.95 Å².